The smallest absolute Gasteiger partial charge is 0.337 e. The lowest BCUT2D eigenvalue weighted by atomic mass is 10.2. The maximum atomic E-state index is 12.9. The van der Waals surface area contributed by atoms with Gasteiger partial charge in [0.15, 0.2) is 0 Å². The van der Waals surface area contributed by atoms with Crippen LogP contribution < -0.4 is 0 Å². The SMILES string of the molecule is O=C(O)c1cc(F)cc(S(=O)(=O)Cl)c1Cl. The minimum atomic E-state index is -4.28. The van der Waals surface area contributed by atoms with Crippen LogP contribution in [0.2, 0.25) is 5.02 Å². The highest BCUT2D eigenvalue weighted by molar-refractivity contribution is 8.13. The fraction of sp³-hybridized carbons (Fsp3) is 0. The number of aromatic carboxylic acids is 1. The first-order valence-electron chi connectivity index (χ1n) is 3.40. The van der Waals surface area contributed by atoms with Crippen molar-refractivity contribution in [3.8, 4) is 0 Å². The molecule has 0 fully saturated rings. The van der Waals surface area contributed by atoms with Crippen LogP contribution in [0.15, 0.2) is 17.0 Å². The molecule has 0 bridgehead atoms. The summed E-state index contributed by atoms with van der Waals surface area (Å²) in [6, 6.07) is 1.16. The van der Waals surface area contributed by atoms with E-state index in [1.807, 2.05) is 0 Å². The molecule has 0 aliphatic rings. The third kappa shape index (κ3) is 2.58. The van der Waals surface area contributed by atoms with E-state index in [0.29, 0.717) is 12.1 Å². The molecule has 0 amide bonds. The van der Waals surface area contributed by atoms with Gasteiger partial charge in [0.2, 0.25) is 0 Å². The number of benzene rings is 1. The summed E-state index contributed by atoms with van der Waals surface area (Å²) in [5, 5.41) is 7.98. The highest BCUT2D eigenvalue weighted by Gasteiger charge is 2.22. The van der Waals surface area contributed by atoms with Gasteiger partial charge in [0.05, 0.1) is 10.6 Å². The van der Waals surface area contributed by atoms with Gasteiger partial charge in [0.25, 0.3) is 9.05 Å². The molecule has 0 unspecified atom stereocenters. The molecular formula is C7H3Cl2FO4S. The monoisotopic (exact) mass is 272 g/mol. The van der Waals surface area contributed by atoms with Crippen molar-refractivity contribution in [1.29, 1.82) is 0 Å². The number of carboxylic acid groups (broad SMARTS) is 1. The Labute approximate surface area is 93.7 Å². The molecule has 0 spiro atoms. The molecule has 8 heteroatoms. The molecule has 0 heterocycles. The first kappa shape index (κ1) is 12.2. The first-order valence-corrected chi connectivity index (χ1v) is 6.09. The van der Waals surface area contributed by atoms with Gasteiger partial charge in [-0.3, -0.25) is 0 Å². The van der Waals surface area contributed by atoms with E-state index in [1.54, 1.807) is 0 Å². The third-order valence-electron chi connectivity index (χ3n) is 1.50. The molecular weight excluding hydrogens is 270 g/mol. The maximum absolute atomic E-state index is 12.9. The lowest BCUT2D eigenvalue weighted by Crippen LogP contribution is -2.03. The van der Waals surface area contributed by atoms with Crippen molar-refractivity contribution in [3.05, 3.63) is 28.5 Å². The molecule has 15 heavy (non-hydrogen) atoms. The number of hydrogen-bond donors (Lipinski definition) is 1. The average Bonchev–Trinajstić information content (AvgIpc) is 2.06. The molecule has 4 nitrogen and oxygen atoms in total. The van der Waals surface area contributed by atoms with E-state index in [9.17, 15) is 17.6 Å². The van der Waals surface area contributed by atoms with Gasteiger partial charge >= 0.3 is 5.97 Å². The minimum Gasteiger partial charge on any atom is -0.478 e. The van der Waals surface area contributed by atoms with Gasteiger partial charge in [-0.1, -0.05) is 11.6 Å². The molecule has 82 valence electrons. The Kier molecular flexibility index (Phi) is 3.22. The van der Waals surface area contributed by atoms with Crippen LogP contribution in [0.5, 0.6) is 0 Å². The normalized spacial score (nSPS) is 11.4. The number of carbonyl (C=O) groups is 1. The van der Waals surface area contributed by atoms with Crippen LogP contribution in [0.1, 0.15) is 10.4 Å². The van der Waals surface area contributed by atoms with E-state index in [4.69, 9.17) is 27.4 Å². The Morgan fingerprint density at radius 3 is 2.33 bits per heavy atom. The summed E-state index contributed by atoms with van der Waals surface area (Å²) in [7, 11) is 0.666. The number of hydrogen-bond acceptors (Lipinski definition) is 3. The second-order valence-corrected chi connectivity index (χ2v) is 5.42. The Morgan fingerprint density at radius 2 is 1.93 bits per heavy atom. The summed E-state index contributed by atoms with van der Waals surface area (Å²) < 4.78 is 34.7. The minimum absolute atomic E-state index is 0.553. The average molecular weight is 273 g/mol. The van der Waals surface area contributed by atoms with Crippen molar-refractivity contribution in [2.24, 2.45) is 0 Å². The Balaban J connectivity index is 3.63. The van der Waals surface area contributed by atoms with Crippen molar-refractivity contribution >= 4 is 37.3 Å². The van der Waals surface area contributed by atoms with E-state index < -0.39 is 36.3 Å². The van der Waals surface area contributed by atoms with Gasteiger partial charge in [0.1, 0.15) is 10.7 Å². The lowest BCUT2D eigenvalue weighted by molar-refractivity contribution is 0.0696. The molecule has 0 aromatic heterocycles. The fourth-order valence-electron chi connectivity index (χ4n) is 0.897. The van der Waals surface area contributed by atoms with E-state index in [1.165, 1.54) is 0 Å². The Morgan fingerprint density at radius 1 is 1.40 bits per heavy atom. The van der Waals surface area contributed by atoms with Crippen LogP contribution in [0.3, 0.4) is 0 Å². The molecule has 1 aromatic carbocycles. The van der Waals surface area contributed by atoms with E-state index >= 15 is 0 Å². The van der Waals surface area contributed by atoms with Gasteiger partial charge < -0.3 is 5.11 Å². The molecule has 1 aromatic rings. The van der Waals surface area contributed by atoms with E-state index in [0.717, 1.165) is 0 Å². The van der Waals surface area contributed by atoms with E-state index in [-0.39, 0.29) is 0 Å². The Bertz CT molecular complexity index is 526. The van der Waals surface area contributed by atoms with Crippen LogP contribution in [-0.4, -0.2) is 19.5 Å². The zero-order valence-electron chi connectivity index (χ0n) is 6.87. The highest BCUT2D eigenvalue weighted by Crippen LogP contribution is 2.29. The molecule has 1 rings (SSSR count). The number of halogens is 3. The highest BCUT2D eigenvalue weighted by atomic mass is 35.7. The maximum Gasteiger partial charge on any atom is 0.337 e. The second-order valence-electron chi connectivity index (χ2n) is 2.51. The van der Waals surface area contributed by atoms with Gasteiger partial charge in [-0.2, -0.15) is 0 Å². The molecule has 0 atom stereocenters. The predicted molar refractivity (Wildman–Crippen MR) is 51.4 cm³/mol. The van der Waals surface area contributed by atoms with Crippen molar-refractivity contribution in [2.45, 2.75) is 4.90 Å². The van der Waals surface area contributed by atoms with Gasteiger partial charge in [-0.25, -0.2) is 17.6 Å². The first-order chi connectivity index (χ1) is 6.73. The van der Waals surface area contributed by atoms with Crippen molar-refractivity contribution < 1.29 is 22.7 Å². The number of carboxylic acids is 1. The predicted octanol–water partition coefficient (Wildman–Crippen LogP) is 2.10. The zero-order chi connectivity index (χ0) is 11.8. The van der Waals surface area contributed by atoms with Crippen LogP contribution in [-0.2, 0) is 9.05 Å². The lowest BCUT2D eigenvalue weighted by Gasteiger charge is -2.03. The number of rotatable bonds is 2. The molecule has 0 aliphatic carbocycles. The van der Waals surface area contributed by atoms with Crippen LogP contribution in [0, 0.1) is 5.82 Å². The zero-order valence-corrected chi connectivity index (χ0v) is 9.20. The summed E-state index contributed by atoms with van der Waals surface area (Å²) in [5.41, 5.74) is -0.657. The van der Waals surface area contributed by atoms with Gasteiger partial charge in [0, 0.05) is 10.7 Å². The van der Waals surface area contributed by atoms with E-state index in [2.05, 4.69) is 0 Å². The fourth-order valence-corrected chi connectivity index (χ4v) is 2.45. The third-order valence-corrected chi connectivity index (χ3v) is 3.36. The van der Waals surface area contributed by atoms with Gasteiger partial charge in [-0.05, 0) is 12.1 Å². The second kappa shape index (κ2) is 3.96. The van der Waals surface area contributed by atoms with Gasteiger partial charge in [-0.15, -0.1) is 0 Å². The van der Waals surface area contributed by atoms with Crippen molar-refractivity contribution in [3.63, 3.8) is 0 Å². The van der Waals surface area contributed by atoms with Crippen molar-refractivity contribution in [1.82, 2.24) is 0 Å². The summed E-state index contributed by atoms with van der Waals surface area (Å²) in [6.45, 7) is 0. The summed E-state index contributed by atoms with van der Waals surface area (Å²) >= 11 is 5.45. The molecule has 0 radical (unpaired) electrons. The van der Waals surface area contributed by atoms with Crippen LogP contribution in [0.4, 0.5) is 4.39 Å². The quantitative estimate of drug-likeness (QED) is 0.837. The summed E-state index contributed by atoms with van der Waals surface area (Å²) in [5.74, 6) is -2.59. The topological polar surface area (TPSA) is 71.4 Å². The molecule has 0 aliphatic heterocycles. The molecule has 1 N–H and O–H groups in total. The van der Waals surface area contributed by atoms with Crippen LogP contribution >= 0.6 is 22.3 Å². The summed E-state index contributed by atoms with van der Waals surface area (Å²) in [4.78, 5) is 9.80. The molecule has 0 saturated carbocycles. The largest absolute Gasteiger partial charge is 0.478 e. The molecule has 0 saturated heterocycles. The van der Waals surface area contributed by atoms with Crippen LogP contribution in [0.25, 0.3) is 0 Å². The standard InChI is InChI=1S/C7H3Cl2FO4S/c8-6-4(7(11)12)1-3(10)2-5(6)15(9,13)14/h1-2H,(H,11,12). The van der Waals surface area contributed by atoms with Crippen molar-refractivity contribution in [2.75, 3.05) is 0 Å². The Hall–Kier alpha value is -0.850. The summed E-state index contributed by atoms with van der Waals surface area (Å²) in [6.07, 6.45) is 0.